The lowest BCUT2D eigenvalue weighted by Gasteiger charge is -2.05. The number of rotatable bonds is 3. The Labute approximate surface area is 77.5 Å². The number of methoxy groups -OCH3 is 2. The van der Waals surface area contributed by atoms with Gasteiger partial charge in [-0.05, 0) is 17.7 Å². The van der Waals surface area contributed by atoms with Crippen LogP contribution in [0.3, 0.4) is 0 Å². The van der Waals surface area contributed by atoms with Gasteiger partial charge in [0.1, 0.15) is 11.5 Å². The highest BCUT2D eigenvalue weighted by molar-refractivity contribution is 5.39. The van der Waals surface area contributed by atoms with E-state index in [0.29, 0.717) is 17.9 Å². The van der Waals surface area contributed by atoms with Gasteiger partial charge in [-0.25, -0.2) is 0 Å². The van der Waals surface area contributed by atoms with Gasteiger partial charge in [-0.2, -0.15) is 5.26 Å². The summed E-state index contributed by atoms with van der Waals surface area (Å²) < 4.78 is 10.1. The van der Waals surface area contributed by atoms with Gasteiger partial charge in [0, 0.05) is 6.07 Å². The van der Waals surface area contributed by atoms with Gasteiger partial charge in [-0.3, -0.25) is 0 Å². The van der Waals surface area contributed by atoms with Crippen molar-refractivity contribution in [1.82, 2.24) is 0 Å². The van der Waals surface area contributed by atoms with Gasteiger partial charge in [-0.1, -0.05) is 0 Å². The number of nitrogens with zero attached hydrogens (tertiary/aromatic N) is 1. The van der Waals surface area contributed by atoms with Crippen molar-refractivity contribution < 1.29 is 9.47 Å². The summed E-state index contributed by atoms with van der Waals surface area (Å²) in [6.45, 7) is 0. The van der Waals surface area contributed by atoms with Crippen LogP contribution in [0, 0.1) is 11.3 Å². The summed E-state index contributed by atoms with van der Waals surface area (Å²) in [6.07, 6.45) is 0.369. The van der Waals surface area contributed by atoms with E-state index in [1.54, 1.807) is 20.3 Å². The first-order valence-electron chi connectivity index (χ1n) is 3.89. The van der Waals surface area contributed by atoms with Gasteiger partial charge >= 0.3 is 0 Å². The Kier molecular flexibility index (Phi) is 3.15. The maximum atomic E-state index is 8.52. The minimum absolute atomic E-state index is 0.369. The molecule has 0 aliphatic heterocycles. The minimum atomic E-state index is 0.369. The molecule has 1 rings (SSSR count). The molecule has 0 saturated heterocycles. The van der Waals surface area contributed by atoms with Crippen LogP contribution < -0.4 is 9.47 Å². The van der Waals surface area contributed by atoms with E-state index in [1.165, 1.54) is 0 Å². The van der Waals surface area contributed by atoms with E-state index in [2.05, 4.69) is 6.07 Å². The second-order valence-corrected chi connectivity index (χ2v) is 2.56. The van der Waals surface area contributed by atoms with Gasteiger partial charge in [0.05, 0.1) is 26.7 Å². The van der Waals surface area contributed by atoms with Crippen molar-refractivity contribution in [2.24, 2.45) is 0 Å². The fourth-order valence-corrected chi connectivity index (χ4v) is 1.06. The van der Waals surface area contributed by atoms with Crippen molar-refractivity contribution in [3.63, 3.8) is 0 Å². The third-order valence-electron chi connectivity index (χ3n) is 1.69. The van der Waals surface area contributed by atoms with Crippen molar-refractivity contribution in [3.8, 4) is 17.6 Å². The third-order valence-corrected chi connectivity index (χ3v) is 1.69. The smallest absolute Gasteiger partial charge is 0.122 e. The standard InChI is InChI=1S/C10H11NO2/c1-12-9-5-8(3-4-11)6-10(7-9)13-2/h5-7H,3H2,1-2H3. The summed E-state index contributed by atoms with van der Waals surface area (Å²) in [5, 5.41) is 8.52. The van der Waals surface area contributed by atoms with Gasteiger partial charge in [0.15, 0.2) is 0 Å². The average molecular weight is 177 g/mol. The molecule has 68 valence electrons. The quantitative estimate of drug-likeness (QED) is 0.706. The number of hydrogen-bond acceptors (Lipinski definition) is 3. The number of ether oxygens (including phenoxy) is 2. The fourth-order valence-electron chi connectivity index (χ4n) is 1.06. The van der Waals surface area contributed by atoms with E-state index in [0.717, 1.165) is 5.56 Å². The molecule has 0 radical (unpaired) electrons. The van der Waals surface area contributed by atoms with E-state index in [1.807, 2.05) is 12.1 Å². The lowest BCUT2D eigenvalue weighted by atomic mass is 10.1. The van der Waals surface area contributed by atoms with E-state index in [4.69, 9.17) is 14.7 Å². The summed E-state index contributed by atoms with van der Waals surface area (Å²) in [4.78, 5) is 0. The Morgan fingerprint density at radius 2 is 1.69 bits per heavy atom. The molecule has 1 aromatic carbocycles. The van der Waals surface area contributed by atoms with Crippen LogP contribution in [0.25, 0.3) is 0 Å². The number of hydrogen-bond donors (Lipinski definition) is 0. The zero-order chi connectivity index (χ0) is 9.68. The van der Waals surface area contributed by atoms with E-state index >= 15 is 0 Å². The fraction of sp³-hybridized carbons (Fsp3) is 0.300. The molecule has 0 spiro atoms. The van der Waals surface area contributed by atoms with Crippen LogP contribution in [-0.4, -0.2) is 14.2 Å². The molecule has 1 aromatic rings. The van der Waals surface area contributed by atoms with E-state index in [9.17, 15) is 0 Å². The molecule has 3 heteroatoms. The molecule has 0 unspecified atom stereocenters. The Hall–Kier alpha value is -1.69. The molecule has 0 saturated carbocycles. The Morgan fingerprint density at radius 3 is 2.08 bits per heavy atom. The maximum absolute atomic E-state index is 8.52. The van der Waals surface area contributed by atoms with Crippen LogP contribution in [0.15, 0.2) is 18.2 Å². The van der Waals surface area contributed by atoms with E-state index < -0.39 is 0 Å². The first kappa shape index (κ1) is 9.40. The van der Waals surface area contributed by atoms with Crippen LogP contribution >= 0.6 is 0 Å². The number of benzene rings is 1. The molecule has 0 bridgehead atoms. The molecule has 3 nitrogen and oxygen atoms in total. The van der Waals surface area contributed by atoms with Crippen molar-refractivity contribution in [2.75, 3.05) is 14.2 Å². The first-order valence-corrected chi connectivity index (χ1v) is 3.89. The monoisotopic (exact) mass is 177 g/mol. The maximum Gasteiger partial charge on any atom is 0.122 e. The zero-order valence-corrected chi connectivity index (χ0v) is 7.70. The first-order chi connectivity index (χ1) is 6.30. The van der Waals surface area contributed by atoms with Crippen molar-refractivity contribution >= 4 is 0 Å². The Morgan fingerprint density at radius 1 is 1.15 bits per heavy atom. The lowest BCUT2D eigenvalue weighted by molar-refractivity contribution is 0.393. The zero-order valence-electron chi connectivity index (χ0n) is 7.70. The summed E-state index contributed by atoms with van der Waals surface area (Å²) in [5.41, 5.74) is 0.902. The van der Waals surface area contributed by atoms with Gasteiger partial charge in [0.25, 0.3) is 0 Å². The predicted octanol–water partition coefficient (Wildman–Crippen LogP) is 1.77. The topological polar surface area (TPSA) is 42.2 Å². The van der Waals surface area contributed by atoms with Crippen molar-refractivity contribution in [2.45, 2.75) is 6.42 Å². The SMILES string of the molecule is COc1cc(CC#N)cc(OC)c1. The summed E-state index contributed by atoms with van der Waals surface area (Å²) in [7, 11) is 3.18. The van der Waals surface area contributed by atoms with Gasteiger partial charge in [-0.15, -0.1) is 0 Å². The minimum Gasteiger partial charge on any atom is -0.497 e. The Bertz CT molecular complexity index is 306. The summed E-state index contributed by atoms with van der Waals surface area (Å²) in [5.74, 6) is 1.43. The summed E-state index contributed by atoms with van der Waals surface area (Å²) in [6, 6.07) is 7.50. The molecule has 0 aliphatic rings. The summed E-state index contributed by atoms with van der Waals surface area (Å²) >= 11 is 0. The molecule has 0 aromatic heterocycles. The lowest BCUT2D eigenvalue weighted by Crippen LogP contribution is -1.90. The molecule has 13 heavy (non-hydrogen) atoms. The molecule has 0 heterocycles. The van der Waals surface area contributed by atoms with Gasteiger partial charge < -0.3 is 9.47 Å². The van der Waals surface area contributed by atoms with Crippen LogP contribution in [0.1, 0.15) is 5.56 Å². The van der Waals surface area contributed by atoms with Crippen molar-refractivity contribution in [3.05, 3.63) is 23.8 Å². The molecular weight excluding hydrogens is 166 g/mol. The highest BCUT2D eigenvalue weighted by atomic mass is 16.5. The van der Waals surface area contributed by atoms with Crippen molar-refractivity contribution in [1.29, 1.82) is 5.26 Å². The molecule has 0 aliphatic carbocycles. The average Bonchev–Trinajstić information content (AvgIpc) is 2.17. The normalized spacial score (nSPS) is 9.00. The highest BCUT2D eigenvalue weighted by Gasteiger charge is 2.00. The second-order valence-electron chi connectivity index (χ2n) is 2.56. The molecular formula is C10H11NO2. The highest BCUT2D eigenvalue weighted by Crippen LogP contribution is 2.22. The van der Waals surface area contributed by atoms with Crippen LogP contribution in [-0.2, 0) is 6.42 Å². The molecule has 0 atom stereocenters. The second kappa shape index (κ2) is 4.36. The Balaban J connectivity index is 3.01. The third kappa shape index (κ3) is 2.38. The predicted molar refractivity (Wildman–Crippen MR) is 48.9 cm³/mol. The van der Waals surface area contributed by atoms with Gasteiger partial charge in [0.2, 0.25) is 0 Å². The van der Waals surface area contributed by atoms with Crippen LogP contribution in [0.2, 0.25) is 0 Å². The van der Waals surface area contributed by atoms with Crippen LogP contribution in [0.4, 0.5) is 0 Å². The largest absolute Gasteiger partial charge is 0.497 e. The van der Waals surface area contributed by atoms with Crippen LogP contribution in [0.5, 0.6) is 11.5 Å². The van der Waals surface area contributed by atoms with E-state index in [-0.39, 0.29) is 0 Å². The molecule has 0 fully saturated rings. The molecule has 0 N–H and O–H groups in total. The molecule has 0 amide bonds. The number of nitriles is 1.